The van der Waals surface area contributed by atoms with Gasteiger partial charge in [0.1, 0.15) is 0 Å². The van der Waals surface area contributed by atoms with Crippen molar-refractivity contribution in [2.45, 2.75) is 39.3 Å². The number of nitrogens with zero attached hydrogens (tertiary/aromatic N) is 1. The van der Waals surface area contributed by atoms with Gasteiger partial charge in [0, 0.05) is 11.7 Å². The molecule has 0 unspecified atom stereocenters. The number of hydrogen-bond donors (Lipinski definition) is 1. The lowest BCUT2D eigenvalue weighted by Crippen LogP contribution is -2.34. The van der Waals surface area contributed by atoms with E-state index >= 15 is 0 Å². The Bertz CT molecular complexity index is 1060. The number of benzene rings is 2. The number of anilines is 2. The number of amides is 1. The molecule has 2 atom stereocenters. The molecule has 0 spiro atoms. The van der Waals surface area contributed by atoms with Gasteiger partial charge in [-0.15, -0.1) is 0 Å². The smallest absolute Gasteiger partial charge is 0.338 e. The molecule has 0 fully saturated rings. The van der Waals surface area contributed by atoms with E-state index in [9.17, 15) is 18.0 Å². The fourth-order valence-electron chi connectivity index (χ4n) is 3.48. The van der Waals surface area contributed by atoms with Crippen LogP contribution in [-0.2, 0) is 26.0 Å². The summed E-state index contributed by atoms with van der Waals surface area (Å²) in [6.07, 6.45) is 0.685. The lowest BCUT2D eigenvalue weighted by Gasteiger charge is -2.22. The molecule has 2 aromatic carbocycles. The second-order valence-electron chi connectivity index (χ2n) is 7.36. The van der Waals surface area contributed by atoms with Crippen LogP contribution >= 0.6 is 0 Å². The summed E-state index contributed by atoms with van der Waals surface area (Å²) >= 11 is 0. The summed E-state index contributed by atoms with van der Waals surface area (Å²) in [5, 5.41) is 2.72. The average molecular weight is 416 g/mol. The molecule has 1 aliphatic heterocycles. The average Bonchev–Trinajstić information content (AvgIpc) is 2.96. The molecule has 29 heavy (non-hydrogen) atoms. The summed E-state index contributed by atoms with van der Waals surface area (Å²) in [6.45, 7) is 5.24. The van der Waals surface area contributed by atoms with E-state index in [-0.39, 0.29) is 11.6 Å². The molecule has 1 heterocycles. The minimum Gasteiger partial charge on any atom is -0.449 e. The molecule has 1 amide bonds. The normalized spacial score (nSPS) is 16.8. The zero-order valence-corrected chi connectivity index (χ0v) is 17.6. The van der Waals surface area contributed by atoms with Crippen LogP contribution < -0.4 is 9.62 Å². The van der Waals surface area contributed by atoms with Gasteiger partial charge in [-0.25, -0.2) is 13.2 Å². The number of aryl methyl sites for hydroxylation is 1. The number of carbonyl (C=O) groups is 2. The van der Waals surface area contributed by atoms with Crippen molar-refractivity contribution in [1.29, 1.82) is 0 Å². The number of sulfonamides is 1. The van der Waals surface area contributed by atoms with E-state index in [2.05, 4.69) is 5.32 Å². The summed E-state index contributed by atoms with van der Waals surface area (Å²) in [5.41, 5.74) is 3.24. The summed E-state index contributed by atoms with van der Waals surface area (Å²) in [5.74, 6) is -1.06. The van der Waals surface area contributed by atoms with Crippen LogP contribution in [0.1, 0.15) is 35.3 Å². The third-order valence-corrected chi connectivity index (χ3v) is 6.04. The summed E-state index contributed by atoms with van der Waals surface area (Å²) in [6, 6.07) is 11.9. The summed E-state index contributed by atoms with van der Waals surface area (Å²) in [4.78, 5) is 24.8. The van der Waals surface area contributed by atoms with Gasteiger partial charge in [-0.05, 0) is 68.7 Å². The van der Waals surface area contributed by atoms with E-state index < -0.39 is 28.0 Å². The van der Waals surface area contributed by atoms with E-state index in [1.54, 1.807) is 18.2 Å². The molecule has 154 valence electrons. The molecular formula is C21H24N2O5S. The second kappa shape index (κ2) is 7.87. The maximum absolute atomic E-state index is 12.5. The molecule has 0 aromatic heterocycles. The predicted molar refractivity (Wildman–Crippen MR) is 112 cm³/mol. The van der Waals surface area contributed by atoms with Gasteiger partial charge >= 0.3 is 5.97 Å². The molecule has 7 nitrogen and oxygen atoms in total. The monoisotopic (exact) mass is 416 g/mol. The van der Waals surface area contributed by atoms with Crippen LogP contribution in [0.2, 0.25) is 0 Å². The number of nitrogens with one attached hydrogen (secondary N) is 1. The SMILES string of the molecule is Cc1cccc(NC(=O)[C@@H](C)OC(=O)c2ccc3c(c2)C[C@@H](C)N3S(C)(=O)=O)c1. The number of rotatable bonds is 5. The van der Waals surface area contributed by atoms with E-state index in [1.165, 1.54) is 17.3 Å². The Labute approximate surface area is 170 Å². The van der Waals surface area contributed by atoms with Crippen molar-refractivity contribution in [3.63, 3.8) is 0 Å². The molecule has 1 aliphatic rings. The number of esters is 1. The Morgan fingerprint density at radius 3 is 2.59 bits per heavy atom. The highest BCUT2D eigenvalue weighted by molar-refractivity contribution is 7.92. The standard InChI is InChI=1S/C21H24N2O5S/c1-13-6-5-7-18(10-13)22-20(24)15(3)28-21(25)16-8-9-19-17(12-16)11-14(2)23(19)29(4,26)27/h5-10,12,14-15H,11H2,1-4H3,(H,22,24)/t14-,15-/m1/s1. The van der Waals surface area contributed by atoms with Crippen molar-refractivity contribution in [1.82, 2.24) is 0 Å². The molecule has 0 saturated heterocycles. The van der Waals surface area contributed by atoms with E-state index in [1.807, 2.05) is 32.0 Å². The molecule has 1 N–H and O–H groups in total. The van der Waals surface area contributed by atoms with Crippen molar-refractivity contribution in [3.05, 3.63) is 59.2 Å². The van der Waals surface area contributed by atoms with Gasteiger partial charge in [0.25, 0.3) is 5.91 Å². The van der Waals surface area contributed by atoms with Crippen molar-refractivity contribution in [3.8, 4) is 0 Å². The first kappa shape index (κ1) is 20.9. The molecule has 0 bridgehead atoms. The summed E-state index contributed by atoms with van der Waals surface area (Å²) in [7, 11) is -3.40. The Morgan fingerprint density at radius 2 is 1.93 bits per heavy atom. The first-order valence-corrected chi connectivity index (χ1v) is 11.1. The van der Waals surface area contributed by atoms with Gasteiger partial charge in [0.05, 0.1) is 17.5 Å². The lowest BCUT2D eigenvalue weighted by molar-refractivity contribution is -0.123. The van der Waals surface area contributed by atoms with Gasteiger partial charge < -0.3 is 10.1 Å². The van der Waals surface area contributed by atoms with Gasteiger partial charge in [-0.3, -0.25) is 9.10 Å². The molecule has 0 radical (unpaired) electrons. The molecule has 0 saturated carbocycles. The quantitative estimate of drug-likeness (QED) is 0.757. The molecular weight excluding hydrogens is 392 g/mol. The van der Waals surface area contributed by atoms with Gasteiger partial charge in [0.15, 0.2) is 6.10 Å². The van der Waals surface area contributed by atoms with Crippen LogP contribution in [0.25, 0.3) is 0 Å². The van der Waals surface area contributed by atoms with Crippen molar-refractivity contribution in [2.75, 3.05) is 15.9 Å². The number of carbonyl (C=O) groups excluding carboxylic acids is 2. The van der Waals surface area contributed by atoms with Crippen LogP contribution in [0.15, 0.2) is 42.5 Å². The van der Waals surface area contributed by atoms with Crippen LogP contribution in [0.3, 0.4) is 0 Å². The lowest BCUT2D eigenvalue weighted by atomic mass is 10.1. The largest absolute Gasteiger partial charge is 0.449 e. The predicted octanol–water partition coefficient (Wildman–Crippen LogP) is 2.89. The Morgan fingerprint density at radius 1 is 1.21 bits per heavy atom. The maximum atomic E-state index is 12.5. The minimum absolute atomic E-state index is 0.217. The van der Waals surface area contributed by atoms with Gasteiger partial charge in [-0.1, -0.05) is 12.1 Å². The minimum atomic E-state index is -3.40. The zero-order valence-electron chi connectivity index (χ0n) is 16.8. The van der Waals surface area contributed by atoms with Crippen LogP contribution in [0, 0.1) is 6.92 Å². The van der Waals surface area contributed by atoms with Crippen molar-refractivity contribution >= 4 is 33.3 Å². The van der Waals surface area contributed by atoms with Crippen molar-refractivity contribution < 1.29 is 22.7 Å². The zero-order chi connectivity index (χ0) is 21.3. The van der Waals surface area contributed by atoms with Crippen LogP contribution in [0.5, 0.6) is 0 Å². The second-order valence-corrected chi connectivity index (χ2v) is 9.22. The van der Waals surface area contributed by atoms with E-state index in [4.69, 9.17) is 4.74 Å². The highest BCUT2D eigenvalue weighted by Crippen LogP contribution is 2.34. The first-order valence-electron chi connectivity index (χ1n) is 9.27. The first-order chi connectivity index (χ1) is 13.6. The van der Waals surface area contributed by atoms with Crippen LogP contribution in [0.4, 0.5) is 11.4 Å². The number of ether oxygens (including phenoxy) is 1. The fraction of sp³-hybridized carbons (Fsp3) is 0.333. The Balaban J connectivity index is 1.70. The third-order valence-electron chi connectivity index (χ3n) is 4.76. The van der Waals surface area contributed by atoms with Crippen molar-refractivity contribution in [2.24, 2.45) is 0 Å². The number of fused-ring (bicyclic) bond motifs is 1. The molecule has 2 aromatic rings. The highest BCUT2D eigenvalue weighted by Gasteiger charge is 2.33. The fourth-order valence-corrected chi connectivity index (χ4v) is 4.75. The van der Waals surface area contributed by atoms with Crippen LogP contribution in [-0.4, -0.2) is 38.7 Å². The third kappa shape index (κ3) is 4.59. The van der Waals surface area contributed by atoms with E-state index in [0.29, 0.717) is 17.8 Å². The molecule has 0 aliphatic carbocycles. The molecule has 3 rings (SSSR count). The van der Waals surface area contributed by atoms with E-state index in [0.717, 1.165) is 17.4 Å². The van der Waals surface area contributed by atoms with Gasteiger partial charge in [-0.2, -0.15) is 0 Å². The Kier molecular flexibility index (Phi) is 5.66. The topological polar surface area (TPSA) is 92.8 Å². The Hall–Kier alpha value is -2.87. The molecule has 8 heteroatoms. The van der Waals surface area contributed by atoms with Gasteiger partial charge in [0.2, 0.25) is 10.0 Å². The maximum Gasteiger partial charge on any atom is 0.338 e. The highest BCUT2D eigenvalue weighted by atomic mass is 32.2. The number of hydrogen-bond acceptors (Lipinski definition) is 5. The summed E-state index contributed by atoms with van der Waals surface area (Å²) < 4.78 is 30.7.